The number of H-pyrrole nitrogens is 1. The van der Waals surface area contributed by atoms with Crippen LogP contribution in [-0.2, 0) is 0 Å². The number of hydrogen-bond acceptors (Lipinski definition) is 6. The maximum atomic E-state index is 13.7. The molecule has 1 atom stereocenters. The van der Waals surface area contributed by atoms with E-state index in [4.69, 9.17) is 0 Å². The molecular formula is C31H39N7O. The Kier molecular flexibility index (Phi) is 6.97. The minimum Gasteiger partial charge on any atom is -0.369 e. The van der Waals surface area contributed by atoms with E-state index in [1.165, 1.54) is 36.1 Å². The molecule has 0 radical (unpaired) electrons. The van der Waals surface area contributed by atoms with Gasteiger partial charge in [0, 0.05) is 48.3 Å². The summed E-state index contributed by atoms with van der Waals surface area (Å²) in [4.78, 5) is 21.8. The van der Waals surface area contributed by atoms with E-state index in [1.807, 2.05) is 4.68 Å². The molecule has 0 unspecified atom stereocenters. The van der Waals surface area contributed by atoms with Gasteiger partial charge in [0.2, 0.25) is 0 Å². The van der Waals surface area contributed by atoms with Crippen molar-refractivity contribution in [3.63, 3.8) is 0 Å². The largest absolute Gasteiger partial charge is 0.369 e. The second-order valence-corrected chi connectivity index (χ2v) is 11.5. The number of anilines is 1. The Morgan fingerprint density at radius 1 is 0.923 bits per heavy atom. The summed E-state index contributed by atoms with van der Waals surface area (Å²) < 4.78 is 2.03. The molecule has 0 bridgehead atoms. The Balaban J connectivity index is 1.41. The van der Waals surface area contributed by atoms with E-state index in [9.17, 15) is 4.79 Å². The third-order valence-electron chi connectivity index (χ3n) is 8.92. The molecule has 1 saturated heterocycles. The van der Waals surface area contributed by atoms with E-state index < -0.39 is 0 Å². The molecule has 4 aromatic rings. The lowest BCUT2D eigenvalue weighted by atomic mass is 9.94. The second-order valence-electron chi connectivity index (χ2n) is 11.5. The fraction of sp³-hybridized carbons (Fsp3) is 0.484. The Hall–Kier alpha value is -3.52. The molecule has 0 spiro atoms. The number of tetrazole rings is 1. The number of piperazine rings is 1. The molecule has 1 aliphatic carbocycles. The number of benzene rings is 2. The van der Waals surface area contributed by atoms with Crippen LogP contribution < -0.4 is 10.5 Å². The molecule has 0 amide bonds. The standard InChI is InChI=1S/C31H39N7O/c1-20-17-22(3)25-19-26(31(39)32-27(25)18-20)29(30-33-34-35-38(30)24-10-6-5-7-11-24)37-15-13-36(14-16-37)28-12-8-9-21(2)23(28)4/h8-9,12,17-19,24,29H,5-7,10-11,13-16H2,1-4H3,(H,32,39)/t29-/m0/s1. The highest BCUT2D eigenvalue weighted by atomic mass is 16.1. The highest BCUT2D eigenvalue weighted by Gasteiger charge is 2.34. The van der Waals surface area contributed by atoms with Crippen molar-refractivity contribution in [2.24, 2.45) is 0 Å². The predicted molar refractivity (Wildman–Crippen MR) is 156 cm³/mol. The van der Waals surface area contributed by atoms with Gasteiger partial charge in [-0.25, -0.2) is 4.68 Å². The monoisotopic (exact) mass is 525 g/mol. The van der Waals surface area contributed by atoms with Gasteiger partial charge in [0.05, 0.1) is 6.04 Å². The molecule has 2 aliphatic rings. The van der Waals surface area contributed by atoms with Gasteiger partial charge in [-0.2, -0.15) is 0 Å². The number of pyridine rings is 1. The van der Waals surface area contributed by atoms with Crippen molar-refractivity contribution in [2.75, 3.05) is 31.1 Å². The minimum absolute atomic E-state index is 0.0624. The third kappa shape index (κ3) is 4.86. The van der Waals surface area contributed by atoms with Gasteiger partial charge >= 0.3 is 0 Å². The fourth-order valence-electron chi connectivity index (χ4n) is 6.66. The van der Waals surface area contributed by atoms with Crippen molar-refractivity contribution in [3.8, 4) is 0 Å². The lowest BCUT2D eigenvalue weighted by Gasteiger charge is -2.40. The van der Waals surface area contributed by atoms with Crippen molar-refractivity contribution in [1.29, 1.82) is 0 Å². The Morgan fingerprint density at radius 3 is 2.46 bits per heavy atom. The summed E-state index contributed by atoms with van der Waals surface area (Å²) in [6.45, 7) is 12.0. The van der Waals surface area contributed by atoms with Gasteiger partial charge in [0.25, 0.3) is 5.56 Å². The summed E-state index contributed by atoms with van der Waals surface area (Å²) in [5.41, 5.74) is 7.79. The van der Waals surface area contributed by atoms with Crippen LogP contribution in [0.4, 0.5) is 5.69 Å². The summed E-state index contributed by atoms with van der Waals surface area (Å²) in [6.07, 6.45) is 5.81. The van der Waals surface area contributed by atoms with Gasteiger partial charge < -0.3 is 9.88 Å². The Morgan fingerprint density at radius 2 is 1.69 bits per heavy atom. The summed E-state index contributed by atoms with van der Waals surface area (Å²) in [5, 5.41) is 14.3. The molecule has 1 saturated carbocycles. The Labute approximate surface area is 230 Å². The Bertz CT molecular complexity index is 1540. The SMILES string of the molecule is Cc1cc(C)c2cc([C@@H](c3nnnn3C3CCCCC3)N3CCN(c4cccc(C)c4C)CC3)c(=O)[nH]c2c1. The number of nitrogens with zero attached hydrogens (tertiary/aromatic N) is 6. The molecule has 8 heteroatoms. The van der Waals surface area contributed by atoms with Gasteiger partial charge in [-0.1, -0.05) is 37.5 Å². The van der Waals surface area contributed by atoms with Crippen LogP contribution in [0.2, 0.25) is 0 Å². The van der Waals surface area contributed by atoms with Crippen molar-refractivity contribution < 1.29 is 0 Å². The molecule has 2 fully saturated rings. The van der Waals surface area contributed by atoms with Crippen LogP contribution in [0.1, 0.15) is 77.8 Å². The molecule has 2 aromatic heterocycles. The van der Waals surface area contributed by atoms with Crippen LogP contribution in [0, 0.1) is 27.7 Å². The van der Waals surface area contributed by atoms with Crippen LogP contribution in [-0.4, -0.2) is 56.3 Å². The van der Waals surface area contributed by atoms with Gasteiger partial charge in [-0.15, -0.1) is 5.10 Å². The first kappa shape index (κ1) is 25.7. The highest BCUT2D eigenvalue weighted by Crippen LogP contribution is 2.34. The van der Waals surface area contributed by atoms with Gasteiger partial charge in [0.1, 0.15) is 6.04 Å². The smallest absolute Gasteiger partial charge is 0.253 e. The molecule has 1 aliphatic heterocycles. The van der Waals surface area contributed by atoms with Crippen molar-refractivity contribution in [1.82, 2.24) is 30.1 Å². The van der Waals surface area contributed by atoms with E-state index in [-0.39, 0.29) is 17.6 Å². The molecule has 3 heterocycles. The molecule has 2 aromatic carbocycles. The first-order valence-corrected chi connectivity index (χ1v) is 14.4. The normalized spacial score (nSPS) is 18.1. The first-order valence-electron chi connectivity index (χ1n) is 14.4. The average Bonchev–Trinajstić information content (AvgIpc) is 3.41. The predicted octanol–water partition coefficient (Wildman–Crippen LogP) is 5.17. The molecule has 1 N–H and O–H groups in total. The third-order valence-corrected chi connectivity index (χ3v) is 8.92. The van der Waals surface area contributed by atoms with E-state index in [1.54, 1.807) is 0 Å². The van der Waals surface area contributed by atoms with Crippen LogP contribution in [0.25, 0.3) is 10.9 Å². The summed E-state index contributed by atoms with van der Waals surface area (Å²) >= 11 is 0. The number of aromatic amines is 1. The van der Waals surface area contributed by atoms with Gasteiger partial charge in [0.15, 0.2) is 5.82 Å². The maximum absolute atomic E-state index is 13.7. The van der Waals surface area contributed by atoms with Gasteiger partial charge in [-0.05, 0) is 91.4 Å². The molecule has 8 nitrogen and oxygen atoms in total. The minimum atomic E-state index is -0.309. The summed E-state index contributed by atoms with van der Waals surface area (Å²) in [5.74, 6) is 0.789. The quantitative estimate of drug-likeness (QED) is 0.387. The number of nitrogens with one attached hydrogen (secondary N) is 1. The number of rotatable bonds is 5. The zero-order valence-corrected chi connectivity index (χ0v) is 23.6. The van der Waals surface area contributed by atoms with Crippen molar-refractivity contribution in [2.45, 2.75) is 71.9 Å². The van der Waals surface area contributed by atoms with E-state index >= 15 is 0 Å². The summed E-state index contributed by atoms with van der Waals surface area (Å²) in [7, 11) is 0. The average molecular weight is 526 g/mol. The van der Waals surface area contributed by atoms with Gasteiger partial charge in [-0.3, -0.25) is 9.69 Å². The van der Waals surface area contributed by atoms with Crippen LogP contribution in [0.3, 0.4) is 0 Å². The zero-order chi connectivity index (χ0) is 27.1. The molecule has 204 valence electrons. The van der Waals surface area contributed by atoms with Crippen molar-refractivity contribution in [3.05, 3.63) is 80.4 Å². The molecular weight excluding hydrogens is 486 g/mol. The molecule has 6 rings (SSSR count). The number of aryl methyl sites for hydroxylation is 3. The van der Waals surface area contributed by atoms with E-state index in [0.717, 1.165) is 72.4 Å². The van der Waals surface area contributed by atoms with E-state index in [0.29, 0.717) is 0 Å². The first-order chi connectivity index (χ1) is 18.9. The lowest BCUT2D eigenvalue weighted by molar-refractivity contribution is 0.192. The van der Waals surface area contributed by atoms with E-state index in [2.05, 4.69) is 94.4 Å². The topological polar surface area (TPSA) is 82.9 Å². The fourth-order valence-corrected chi connectivity index (χ4v) is 6.66. The second kappa shape index (κ2) is 10.6. The molecule has 39 heavy (non-hydrogen) atoms. The van der Waals surface area contributed by atoms with Crippen LogP contribution in [0.15, 0.2) is 41.2 Å². The number of aromatic nitrogens is 5. The van der Waals surface area contributed by atoms with Crippen molar-refractivity contribution >= 4 is 16.6 Å². The van der Waals surface area contributed by atoms with Crippen LogP contribution in [0.5, 0.6) is 0 Å². The maximum Gasteiger partial charge on any atom is 0.253 e. The number of fused-ring (bicyclic) bond motifs is 1. The zero-order valence-electron chi connectivity index (χ0n) is 23.6. The highest BCUT2D eigenvalue weighted by molar-refractivity contribution is 5.83. The van der Waals surface area contributed by atoms with Crippen LogP contribution >= 0.6 is 0 Å². The number of hydrogen-bond donors (Lipinski definition) is 1. The summed E-state index contributed by atoms with van der Waals surface area (Å²) in [6, 6.07) is 12.8. The lowest BCUT2D eigenvalue weighted by Crippen LogP contribution is -2.49.